The summed E-state index contributed by atoms with van der Waals surface area (Å²) in [4.78, 5) is 11.0. The summed E-state index contributed by atoms with van der Waals surface area (Å²) in [5.41, 5.74) is 1.01. The number of hydrogen-bond acceptors (Lipinski definition) is 2. The van der Waals surface area contributed by atoms with Crippen molar-refractivity contribution in [1.29, 1.82) is 0 Å². The van der Waals surface area contributed by atoms with E-state index in [4.69, 9.17) is 16.3 Å². The Bertz CT molecular complexity index is 355. The fraction of sp³-hybridized carbons (Fsp3) is 0.462. The zero-order valence-corrected chi connectivity index (χ0v) is 10.8. The fourth-order valence-electron chi connectivity index (χ4n) is 1.33. The van der Waals surface area contributed by atoms with E-state index in [-0.39, 0.29) is 11.8 Å². The molecule has 17 heavy (non-hydrogen) atoms. The second-order valence-corrected chi connectivity index (χ2v) is 4.03. The molecule has 0 saturated heterocycles. The second-order valence-electron chi connectivity index (χ2n) is 3.76. The first-order chi connectivity index (χ1) is 8.26. The van der Waals surface area contributed by atoms with Crippen LogP contribution in [0.1, 0.15) is 25.3 Å². The van der Waals surface area contributed by atoms with Crippen molar-refractivity contribution in [2.75, 3.05) is 12.5 Å². The van der Waals surface area contributed by atoms with Gasteiger partial charge in [0.15, 0.2) is 0 Å². The van der Waals surface area contributed by atoms with E-state index in [0.717, 1.165) is 30.8 Å². The third kappa shape index (κ3) is 5.59. The monoisotopic (exact) mass is 255 g/mol. The molecule has 0 spiro atoms. The molecule has 1 aromatic carbocycles. The van der Waals surface area contributed by atoms with Gasteiger partial charge >= 0.3 is 0 Å². The summed E-state index contributed by atoms with van der Waals surface area (Å²) in [7, 11) is 0. The highest BCUT2D eigenvalue weighted by atomic mass is 35.5. The first-order valence-corrected chi connectivity index (χ1v) is 6.34. The Labute approximate surface area is 107 Å². The number of ether oxygens (including phenoxy) is 1. The highest BCUT2D eigenvalue weighted by molar-refractivity contribution is 6.27. The number of rotatable bonds is 7. The van der Waals surface area contributed by atoms with Crippen molar-refractivity contribution in [3.63, 3.8) is 0 Å². The van der Waals surface area contributed by atoms with Gasteiger partial charge in [-0.1, -0.05) is 25.5 Å². The number of amides is 1. The standard InChI is InChI=1S/C13H18ClNO2/c1-2-3-7-17-12-6-4-5-11(8-12)10-15-13(16)9-14/h4-6,8H,2-3,7,9-10H2,1H3,(H,15,16). The molecular formula is C13H18ClNO2. The van der Waals surface area contributed by atoms with E-state index in [9.17, 15) is 4.79 Å². The molecule has 0 radical (unpaired) electrons. The van der Waals surface area contributed by atoms with E-state index >= 15 is 0 Å². The Morgan fingerprint density at radius 1 is 1.47 bits per heavy atom. The van der Waals surface area contributed by atoms with Crippen LogP contribution in [0.25, 0.3) is 0 Å². The minimum Gasteiger partial charge on any atom is -0.494 e. The maximum atomic E-state index is 11.0. The third-order valence-electron chi connectivity index (χ3n) is 2.28. The molecule has 3 nitrogen and oxygen atoms in total. The molecule has 94 valence electrons. The van der Waals surface area contributed by atoms with Crippen LogP contribution < -0.4 is 10.1 Å². The second kappa shape index (κ2) is 7.96. The van der Waals surface area contributed by atoms with Crippen molar-refractivity contribution in [3.8, 4) is 5.75 Å². The maximum absolute atomic E-state index is 11.0. The van der Waals surface area contributed by atoms with Gasteiger partial charge in [0.25, 0.3) is 0 Å². The van der Waals surface area contributed by atoms with Crippen molar-refractivity contribution < 1.29 is 9.53 Å². The van der Waals surface area contributed by atoms with Crippen molar-refractivity contribution >= 4 is 17.5 Å². The minimum atomic E-state index is -0.163. The lowest BCUT2D eigenvalue weighted by Gasteiger charge is -2.08. The van der Waals surface area contributed by atoms with Crippen LogP contribution in [0.2, 0.25) is 0 Å². The summed E-state index contributed by atoms with van der Waals surface area (Å²) in [6.07, 6.45) is 2.17. The predicted molar refractivity (Wildman–Crippen MR) is 69.4 cm³/mol. The Morgan fingerprint density at radius 3 is 3.00 bits per heavy atom. The average Bonchev–Trinajstić information content (AvgIpc) is 2.37. The van der Waals surface area contributed by atoms with Gasteiger partial charge in [0.05, 0.1) is 6.61 Å². The van der Waals surface area contributed by atoms with Crippen LogP contribution in [0.5, 0.6) is 5.75 Å². The molecule has 0 atom stereocenters. The molecule has 1 rings (SSSR count). The number of halogens is 1. The minimum absolute atomic E-state index is 0.00725. The maximum Gasteiger partial charge on any atom is 0.235 e. The van der Waals surface area contributed by atoms with Gasteiger partial charge in [0.2, 0.25) is 5.91 Å². The molecule has 4 heteroatoms. The normalized spacial score (nSPS) is 10.0. The average molecular weight is 256 g/mol. The molecule has 0 bridgehead atoms. The quantitative estimate of drug-likeness (QED) is 0.601. The number of benzene rings is 1. The van der Waals surface area contributed by atoms with Crippen LogP contribution in [-0.4, -0.2) is 18.4 Å². The van der Waals surface area contributed by atoms with Crippen LogP contribution in [0.3, 0.4) is 0 Å². The largest absolute Gasteiger partial charge is 0.494 e. The summed E-state index contributed by atoms with van der Waals surface area (Å²) in [5, 5.41) is 2.72. The Hall–Kier alpha value is -1.22. The summed E-state index contributed by atoms with van der Waals surface area (Å²) < 4.78 is 5.58. The van der Waals surface area contributed by atoms with Gasteiger partial charge in [-0.2, -0.15) is 0 Å². The van der Waals surface area contributed by atoms with Crippen LogP contribution in [0, 0.1) is 0 Å². The number of unbranched alkanes of at least 4 members (excludes halogenated alkanes) is 1. The molecule has 0 aliphatic heterocycles. The SMILES string of the molecule is CCCCOc1cccc(CNC(=O)CCl)c1. The van der Waals surface area contributed by atoms with Gasteiger partial charge in [-0.3, -0.25) is 4.79 Å². The Balaban J connectivity index is 2.44. The molecule has 0 aliphatic rings. The number of carbonyl (C=O) groups excluding carboxylic acids is 1. The number of hydrogen-bond donors (Lipinski definition) is 1. The molecule has 0 saturated carbocycles. The third-order valence-corrected chi connectivity index (χ3v) is 2.52. The van der Waals surface area contributed by atoms with Gasteiger partial charge in [-0.15, -0.1) is 11.6 Å². The lowest BCUT2D eigenvalue weighted by atomic mass is 10.2. The van der Waals surface area contributed by atoms with E-state index in [1.54, 1.807) is 0 Å². The van der Waals surface area contributed by atoms with Crippen molar-refractivity contribution in [1.82, 2.24) is 5.32 Å². The summed E-state index contributed by atoms with van der Waals surface area (Å²) >= 11 is 5.40. The van der Waals surface area contributed by atoms with Gasteiger partial charge in [0, 0.05) is 6.54 Å². The Morgan fingerprint density at radius 2 is 2.29 bits per heavy atom. The molecule has 1 N–H and O–H groups in total. The van der Waals surface area contributed by atoms with E-state index in [1.165, 1.54) is 0 Å². The zero-order valence-electron chi connectivity index (χ0n) is 10.0. The highest BCUT2D eigenvalue weighted by Crippen LogP contribution is 2.13. The first kappa shape index (κ1) is 13.8. The van der Waals surface area contributed by atoms with Crippen molar-refractivity contribution in [2.45, 2.75) is 26.3 Å². The summed E-state index contributed by atoms with van der Waals surface area (Å²) in [5.74, 6) is 0.673. The van der Waals surface area contributed by atoms with Gasteiger partial charge < -0.3 is 10.1 Å². The predicted octanol–water partition coefficient (Wildman–Crippen LogP) is 2.72. The lowest BCUT2D eigenvalue weighted by molar-refractivity contribution is -0.118. The number of alkyl halides is 1. The van der Waals surface area contributed by atoms with Crippen LogP contribution in [-0.2, 0) is 11.3 Å². The molecule has 0 heterocycles. The number of carbonyl (C=O) groups is 1. The summed E-state index contributed by atoms with van der Waals surface area (Å²) in [6.45, 7) is 3.34. The highest BCUT2D eigenvalue weighted by Gasteiger charge is 2.00. The fourth-order valence-corrected chi connectivity index (χ4v) is 1.42. The van der Waals surface area contributed by atoms with Crippen LogP contribution >= 0.6 is 11.6 Å². The van der Waals surface area contributed by atoms with Gasteiger partial charge in [-0.25, -0.2) is 0 Å². The number of nitrogens with one attached hydrogen (secondary N) is 1. The molecule has 1 aromatic rings. The van der Waals surface area contributed by atoms with E-state index < -0.39 is 0 Å². The van der Waals surface area contributed by atoms with Crippen molar-refractivity contribution in [3.05, 3.63) is 29.8 Å². The summed E-state index contributed by atoms with van der Waals surface area (Å²) in [6, 6.07) is 7.72. The first-order valence-electron chi connectivity index (χ1n) is 5.80. The molecular weight excluding hydrogens is 238 g/mol. The molecule has 0 aromatic heterocycles. The Kier molecular flexibility index (Phi) is 6.48. The molecule has 1 amide bonds. The smallest absolute Gasteiger partial charge is 0.235 e. The van der Waals surface area contributed by atoms with Crippen LogP contribution in [0.15, 0.2) is 24.3 Å². The van der Waals surface area contributed by atoms with Gasteiger partial charge in [0.1, 0.15) is 11.6 Å². The van der Waals surface area contributed by atoms with E-state index in [2.05, 4.69) is 12.2 Å². The van der Waals surface area contributed by atoms with Crippen molar-refractivity contribution in [2.24, 2.45) is 0 Å². The van der Waals surface area contributed by atoms with Crippen LogP contribution in [0.4, 0.5) is 0 Å². The molecule has 0 fully saturated rings. The van der Waals surface area contributed by atoms with E-state index in [1.807, 2.05) is 24.3 Å². The zero-order chi connectivity index (χ0) is 12.5. The van der Waals surface area contributed by atoms with E-state index in [0.29, 0.717) is 6.54 Å². The topological polar surface area (TPSA) is 38.3 Å². The van der Waals surface area contributed by atoms with Gasteiger partial charge in [-0.05, 0) is 24.1 Å². The molecule has 0 aliphatic carbocycles. The lowest BCUT2D eigenvalue weighted by Crippen LogP contribution is -2.23. The molecule has 0 unspecified atom stereocenters.